The molecule has 0 aliphatic rings. The molecule has 1 N–H and O–H groups in total. The van der Waals surface area contributed by atoms with E-state index in [1.165, 1.54) is 0 Å². The summed E-state index contributed by atoms with van der Waals surface area (Å²) in [5.74, 6) is 0. The Morgan fingerprint density at radius 1 is 1.12 bits per heavy atom. The Bertz CT molecular complexity index is 335. The van der Waals surface area contributed by atoms with Crippen LogP contribution < -0.4 is 10.3 Å². The number of benzene rings is 1. The highest BCUT2D eigenvalue weighted by Crippen LogP contribution is 2.34. The maximum Gasteiger partial charge on any atom is 0.369 e. The topological polar surface area (TPSA) is 15.3 Å². The van der Waals surface area contributed by atoms with Crippen LogP contribution in [0.1, 0.15) is 20.8 Å². The van der Waals surface area contributed by atoms with E-state index in [-0.39, 0.29) is 0 Å². The summed E-state index contributed by atoms with van der Waals surface area (Å²) in [5.41, 5.74) is 0. The second-order valence-electron chi connectivity index (χ2n) is 5.28. The van der Waals surface area contributed by atoms with Gasteiger partial charge in [-0.3, -0.25) is 9.12 Å². The lowest BCUT2D eigenvalue weighted by molar-refractivity contribution is 0.336. The fourth-order valence-electron chi connectivity index (χ4n) is 1.64. The first-order valence-corrected chi connectivity index (χ1v) is 7.35. The summed E-state index contributed by atoms with van der Waals surface area (Å²) in [5, 5.41) is 5.13. The van der Waals surface area contributed by atoms with E-state index in [1.54, 1.807) is 5.01 Å². The maximum atomic E-state index is 15.3. The molecule has 1 atom stereocenters. The number of hydrogen-bond donors (Lipinski definition) is 1. The summed E-state index contributed by atoms with van der Waals surface area (Å²) in [7, 11) is 0.444. The van der Waals surface area contributed by atoms with Gasteiger partial charge in [-0.15, -0.1) is 0 Å². The molecular formula is C12H21FN2Si. The fourth-order valence-corrected chi connectivity index (χ4v) is 4.24. The van der Waals surface area contributed by atoms with Crippen LogP contribution in [0.2, 0.25) is 5.04 Å². The smallest absolute Gasteiger partial charge is 0.285 e. The van der Waals surface area contributed by atoms with E-state index in [1.807, 2.05) is 65.2 Å². The van der Waals surface area contributed by atoms with Crippen LogP contribution in [0.25, 0.3) is 0 Å². The van der Waals surface area contributed by atoms with Crippen LogP contribution in [0, 0.1) is 0 Å². The Balaban J connectivity index is 3.16. The Morgan fingerprint density at radius 2 is 1.62 bits per heavy atom. The SMILES string of the molecule is CN(C)N[Si](F)(c1ccccc1)C(C)(C)C. The Hall–Kier alpha value is -0.713. The molecule has 1 aromatic rings. The van der Waals surface area contributed by atoms with E-state index in [4.69, 9.17) is 0 Å². The van der Waals surface area contributed by atoms with Gasteiger partial charge in [-0.2, -0.15) is 0 Å². The predicted octanol–water partition coefficient (Wildman–Crippen LogP) is 2.17. The zero-order chi connectivity index (χ0) is 12.4. The standard InChI is InChI=1S/C12H21FN2Si/c1-12(2,3)16(13,14-15(4)5)11-9-7-6-8-10-11/h6-10,14H,1-5H3. The third-order valence-electron chi connectivity index (χ3n) is 2.58. The number of hydrogen-bond acceptors (Lipinski definition) is 2. The minimum Gasteiger partial charge on any atom is -0.285 e. The molecule has 1 rings (SSSR count). The molecular weight excluding hydrogens is 219 g/mol. The summed E-state index contributed by atoms with van der Waals surface area (Å²) in [6.07, 6.45) is 0. The van der Waals surface area contributed by atoms with Crippen LogP contribution in [-0.4, -0.2) is 27.7 Å². The number of nitrogens with zero attached hydrogens (tertiary/aromatic N) is 1. The molecule has 0 bridgehead atoms. The Labute approximate surface area is 98.7 Å². The normalized spacial score (nSPS) is 16.2. The minimum atomic E-state index is -3.21. The molecule has 90 valence electrons. The molecule has 0 heterocycles. The van der Waals surface area contributed by atoms with Gasteiger partial charge in [-0.05, 0) is 5.19 Å². The van der Waals surface area contributed by atoms with Crippen LogP contribution in [0.4, 0.5) is 4.11 Å². The minimum absolute atomic E-state index is 0.390. The van der Waals surface area contributed by atoms with E-state index in [9.17, 15) is 0 Å². The third kappa shape index (κ3) is 2.69. The van der Waals surface area contributed by atoms with Crippen molar-refractivity contribution in [1.82, 2.24) is 10.1 Å². The number of hydrazine groups is 1. The highest BCUT2D eigenvalue weighted by Gasteiger charge is 2.49. The van der Waals surface area contributed by atoms with Crippen LogP contribution in [-0.2, 0) is 0 Å². The summed E-state index contributed by atoms with van der Waals surface area (Å²) in [4.78, 5) is 0. The largest absolute Gasteiger partial charge is 0.369 e. The van der Waals surface area contributed by atoms with Gasteiger partial charge in [0, 0.05) is 19.1 Å². The van der Waals surface area contributed by atoms with Gasteiger partial charge in [-0.25, -0.2) is 5.09 Å². The Morgan fingerprint density at radius 3 is 2.00 bits per heavy atom. The zero-order valence-electron chi connectivity index (χ0n) is 10.7. The van der Waals surface area contributed by atoms with Crippen molar-refractivity contribution in [3.8, 4) is 0 Å². The van der Waals surface area contributed by atoms with Crippen LogP contribution in [0.5, 0.6) is 0 Å². The lowest BCUT2D eigenvalue weighted by Gasteiger charge is -2.37. The van der Waals surface area contributed by atoms with Gasteiger partial charge in [0.1, 0.15) is 0 Å². The van der Waals surface area contributed by atoms with E-state index >= 15 is 4.11 Å². The van der Waals surface area contributed by atoms with Gasteiger partial charge in [0.05, 0.1) is 0 Å². The van der Waals surface area contributed by atoms with Gasteiger partial charge in [0.25, 0.3) is 0 Å². The molecule has 0 amide bonds. The molecule has 0 saturated carbocycles. The van der Waals surface area contributed by atoms with Crippen LogP contribution in [0.3, 0.4) is 0 Å². The molecule has 0 radical (unpaired) electrons. The lowest BCUT2D eigenvalue weighted by Crippen LogP contribution is -2.66. The number of nitrogens with one attached hydrogen (secondary N) is 1. The van der Waals surface area contributed by atoms with Crippen molar-refractivity contribution in [2.75, 3.05) is 14.1 Å². The first-order valence-electron chi connectivity index (χ1n) is 5.47. The molecule has 0 saturated heterocycles. The van der Waals surface area contributed by atoms with Gasteiger partial charge in [0.2, 0.25) is 0 Å². The number of rotatable bonds is 3. The molecule has 0 fully saturated rings. The zero-order valence-corrected chi connectivity index (χ0v) is 11.7. The lowest BCUT2D eigenvalue weighted by atomic mass is 10.2. The molecule has 0 aliphatic carbocycles. The average molecular weight is 240 g/mol. The van der Waals surface area contributed by atoms with E-state index in [0.29, 0.717) is 0 Å². The highest BCUT2D eigenvalue weighted by atomic mass is 28.4. The van der Waals surface area contributed by atoms with Crippen molar-refractivity contribution < 1.29 is 4.11 Å². The van der Waals surface area contributed by atoms with Gasteiger partial charge < -0.3 is 0 Å². The van der Waals surface area contributed by atoms with Crippen molar-refractivity contribution in [1.29, 1.82) is 0 Å². The second kappa shape index (κ2) is 4.65. The van der Waals surface area contributed by atoms with E-state index in [2.05, 4.69) is 5.09 Å². The highest BCUT2D eigenvalue weighted by molar-refractivity contribution is 6.86. The van der Waals surface area contributed by atoms with E-state index in [0.717, 1.165) is 5.19 Å². The van der Waals surface area contributed by atoms with Crippen molar-refractivity contribution in [3.05, 3.63) is 30.3 Å². The van der Waals surface area contributed by atoms with Gasteiger partial charge >= 0.3 is 8.57 Å². The maximum absolute atomic E-state index is 15.3. The summed E-state index contributed by atoms with van der Waals surface area (Å²) >= 11 is 0. The Kier molecular flexibility index (Phi) is 3.88. The molecule has 1 unspecified atom stereocenters. The second-order valence-corrected chi connectivity index (χ2v) is 8.90. The summed E-state index contributed by atoms with van der Waals surface area (Å²) in [6.45, 7) is 5.84. The fraction of sp³-hybridized carbons (Fsp3) is 0.500. The summed E-state index contributed by atoms with van der Waals surface area (Å²) < 4.78 is 15.3. The van der Waals surface area contributed by atoms with Gasteiger partial charge in [0.15, 0.2) is 0 Å². The number of halogens is 1. The molecule has 0 aliphatic heterocycles. The van der Waals surface area contributed by atoms with Crippen molar-refractivity contribution in [2.45, 2.75) is 25.8 Å². The van der Waals surface area contributed by atoms with Crippen LogP contribution in [0.15, 0.2) is 30.3 Å². The average Bonchev–Trinajstić information content (AvgIpc) is 2.16. The molecule has 0 spiro atoms. The summed E-state index contributed by atoms with van der Waals surface area (Å²) in [6, 6.07) is 9.43. The van der Waals surface area contributed by atoms with Gasteiger partial charge in [-0.1, -0.05) is 51.1 Å². The quantitative estimate of drug-likeness (QED) is 0.495. The third-order valence-corrected chi connectivity index (χ3v) is 6.53. The molecule has 4 heteroatoms. The first kappa shape index (κ1) is 13.4. The molecule has 16 heavy (non-hydrogen) atoms. The van der Waals surface area contributed by atoms with E-state index < -0.39 is 13.6 Å². The molecule has 1 aromatic carbocycles. The van der Waals surface area contributed by atoms with Crippen molar-refractivity contribution in [3.63, 3.8) is 0 Å². The predicted molar refractivity (Wildman–Crippen MR) is 69.5 cm³/mol. The monoisotopic (exact) mass is 240 g/mol. The molecule has 0 aromatic heterocycles. The molecule has 2 nitrogen and oxygen atoms in total. The first-order chi connectivity index (χ1) is 7.27. The van der Waals surface area contributed by atoms with Crippen LogP contribution >= 0.6 is 0 Å². The van der Waals surface area contributed by atoms with Crippen molar-refractivity contribution in [2.24, 2.45) is 0 Å². The van der Waals surface area contributed by atoms with Crippen molar-refractivity contribution >= 4 is 13.8 Å².